The first-order valence-electron chi connectivity index (χ1n) is 6.23. The highest BCUT2D eigenvalue weighted by Gasteiger charge is 2.17. The van der Waals surface area contributed by atoms with E-state index in [-0.39, 0.29) is 11.3 Å². The molecular weight excluding hydrogens is 270 g/mol. The Morgan fingerprint density at radius 2 is 1.90 bits per heavy atom. The zero-order valence-corrected chi connectivity index (χ0v) is 11.7. The smallest absolute Gasteiger partial charge is 0.342 e. The van der Waals surface area contributed by atoms with Gasteiger partial charge in [0.25, 0.3) is 0 Å². The summed E-state index contributed by atoms with van der Waals surface area (Å²) in [6.45, 7) is 0. The minimum atomic E-state index is -0.607. The third-order valence-corrected chi connectivity index (χ3v) is 2.91. The summed E-state index contributed by atoms with van der Waals surface area (Å²) < 4.78 is 9.80. The highest BCUT2D eigenvalue weighted by atomic mass is 16.5. The fourth-order valence-electron chi connectivity index (χ4n) is 1.86. The summed E-state index contributed by atoms with van der Waals surface area (Å²) in [5.74, 6) is -0.338. The first-order valence-corrected chi connectivity index (χ1v) is 6.23. The quantitative estimate of drug-likeness (QED) is 0.875. The molecule has 0 bridgehead atoms. The summed E-state index contributed by atoms with van der Waals surface area (Å²) in [6.07, 6.45) is 6.86. The minimum absolute atomic E-state index is 0.101. The van der Waals surface area contributed by atoms with Crippen molar-refractivity contribution in [3.63, 3.8) is 0 Å². The zero-order valence-electron chi connectivity index (χ0n) is 11.7. The van der Waals surface area contributed by atoms with Gasteiger partial charge in [0.05, 0.1) is 14.2 Å². The predicted molar refractivity (Wildman–Crippen MR) is 79.2 cm³/mol. The number of esters is 1. The molecule has 0 saturated heterocycles. The lowest BCUT2D eigenvalue weighted by Gasteiger charge is -2.09. The van der Waals surface area contributed by atoms with Gasteiger partial charge in [-0.05, 0) is 29.3 Å². The van der Waals surface area contributed by atoms with Crippen LogP contribution in [0.2, 0.25) is 0 Å². The number of phenols is 1. The van der Waals surface area contributed by atoms with Gasteiger partial charge in [-0.15, -0.1) is 0 Å². The van der Waals surface area contributed by atoms with Crippen LogP contribution >= 0.6 is 0 Å². The van der Waals surface area contributed by atoms with E-state index in [1.807, 2.05) is 18.2 Å². The average molecular weight is 285 g/mol. The second-order valence-electron chi connectivity index (χ2n) is 4.22. The molecule has 1 aromatic carbocycles. The number of nitrogens with zero attached hydrogens (tertiary/aromatic N) is 1. The highest BCUT2D eigenvalue weighted by molar-refractivity contribution is 5.98. The van der Waals surface area contributed by atoms with Gasteiger partial charge in [-0.1, -0.05) is 12.2 Å². The van der Waals surface area contributed by atoms with Crippen LogP contribution in [0.15, 0.2) is 36.7 Å². The maximum Gasteiger partial charge on any atom is 0.342 e. The van der Waals surface area contributed by atoms with E-state index in [1.54, 1.807) is 24.5 Å². The molecule has 0 fully saturated rings. The van der Waals surface area contributed by atoms with Gasteiger partial charge in [-0.25, -0.2) is 4.79 Å². The first kappa shape index (κ1) is 14.6. The molecule has 0 atom stereocenters. The Bertz CT molecular complexity index is 665. The van der Waals surface area contributed by atoms with Crippen LogP contribution in [0, 0.1) is 0 Å². The molecule has 0 spiro atoms. The van der Waals surface area contributed by atoms with E-state index in [2.05, 4.69) is 4.98 Å². The Hall–Kier alpha value is -2.82. The molecule has 0 saturated carbocycles. The molecule has 0 radical (unpaired) electrons. The topological polar surface area (TPSA) is 68.7 Å². The van der Waals surface area contributed by atoms with Crippen molar-refractivity contribution in [2.24, 2.45) is 0 Å². The summed E-state index contributed by atoms with van der Waals surface area (Å²) in [5, 5.41) is 9.98. The van der Waals surface area contributed by atoms with Crippen molar-refractivity contribution in [3.05, 3.63) is 53.3 Å². The van der Waals surface area contributed by atoms with Gasteiger partial charge in [0.1, 0.15) is 17.1 Å². The second kappa shape index (κ2) is 6.56. The molecule has 0 aliphatic carbocycles. The summed E-state index contributed by atoms with van der Waals surface area (Å²) in [4.78, 5) is 15.7. The Kier molecular flexibility index (Phi) is 4.56. The minimum Gasteiger partial charge on any atom is -0.507 e. The van der Waals surface area contributed by atoms with Crippen molar-refractivity contribution < 1.29 is 19.4 Å². The van der Waals surface area contributed by atoms with Crippen molar-refractivity contribution >= 4 is 18.1 Å². The lowest BCUT2D eigenvalue weighted by molar-refractivity contribution is 0.0597. The Balaban J connectivity index is 2.47. The van der Waals surface area contributed by atoms with Gasteiger partial charge in [0.2, 0.25) is 0 Å². The lowest BCUT2D eigenvalue weighted by atomic mass is 10.0. The summed E-state index contributed by atoms with van der Waals surface area (Å²) in [7, 11) is 2.76. The van der Waals surface area contributed by atoms with Gasteiger partial charge in [-0.3, -0.25) is 4.98 Å². The van der Waals surface area contributed by atoms with Crippen LogP contribution in [0.1, 0.15) is 21.5 Å². The molecule has 1 heterocycles. The van der Waals surface area contributed by atoms with Crippen molar-refractivity contribution in [1.82, 2.24) is 4.98 Å². The first-order chi connectivity index (χ1) is 10.2. The number of rotatable bonds is 4. The molecule has 5 nitrogen and oxygen atoms in total. The number of carbonyl (C=O) groups excluding carboxylic acids is 1. The van der Waals surface area contributed by atoms with Crippen molar-refractivity contribution in [3.8, 4) is 11.5 Å². The molecule has 0 amide bonds. The molecule has 0 aliphatic rings. The zero-order chi connectivity index (χ0) is 15.2. The second-order valence-corrected chi connectivity index (χ2v) is 4.22. The normalized spacial score (nSPS) is 10.6. The maximum absolute atomic E-state index is 11.8. The van der Waals surface area contributed by atoms with Crippen LogP contribution in [0.3, 0.4) is 0 Å². The van der Waals surface area contributed by atoms with Crippen LogP contribution in [-0.2, 0) is 4.74 Å². The van der Waals surface area contributed by atoms with Gasteiger partial charge >= 0.3 is 5.97 Å². The van der Waals surface area contributed by atoms with Gasteiger partial charge in [0, 0.05) is 18.5 Å². The van der Waals surface area contributed by atoms with E-state index in [0.29, 0.717) is 11.3 Å². The van der Waals surface area contributed by atoms with Crippen molar-refractivity contribution in [1.29, 1.82) is 0 Å². The van der Waals surface area contributed by atoms with E-state index in [4.69, 9.17) is 9.47 Å². The predicted octanol–water partition coefficient (Wildman–Crippen LogP) is 2.75. The van der Waals surface area contributed by atoms with Crippen LogP contribution in [-0.4, -0.2) is 30.3 Å². The Morgan fingerprint density at radius 3 is 2.52 bits per heavy atom. The fraction of sp³-hybridized carbons (Fsp3) is 0.125. The third kappa shape index (κ3) is 3.39. The number of methoxy groups -OCH3 is 2. The Labute approximate surface area is 122 Å². The molecule has 5 heteroatoms. The van der Waals surface area contributed by atoms with Crippen molar-refractivity contribution in [2.75, 3.05) is 14.2 Å². The molecule has 1 N–H and O–H groups in total. The summed E-state index contributed by atoms with van der Waals surface area (Å²) in [5.41, 5.74) is 1.53. The number of hydrogen-bond donors (Lipinski definition) is 1. The number of benzene rings is 1. The molecular formula is C16H15NO4. The van der Waals surface area contributed by atoms with Crippen LogP contribution in [0.25, 0.3) is 12.2 Å². The van der Waals surface area contributed by atoms with E-state index in [1.165, 1.54) is 20.3 Å². The number of hydrogen-bond acceptors (Lipinski definition) is 5. The number of carbonyl (C=O) groups is 1. The molecule has 108 valence electrons. The molecule has 2 rings (SSSR count). The van der Waals surface area contributed by atoms with Crippen LogP contribution in [0.5, 0.6) is 11.5 Å². The van der Waals surface area contributed by atoms with Crippen LogP contribution in [0.4, 0.5) is 0 Å². The molecule has 2 aromatic rings. The standard InChI is InChI=1S/C16H15NO4/c1-20-13-9-12(4-3-11-5-7-17-8-6-11)15(14(18)10-13)16(19)21-2/h3-10,18H,1-2H3. The average Bonchev–Trinajstić information content (AvgIpc) is 2.52. The summed E-state index contributed by atoms with van der Waals surface area (Å²) >= 11 is 0. The summed E-state index contributed by atoms with van der Waals surface area (Å²) in [6, 6.07) is 6.68. The lowest BCUT2D eigenvalue weighted by Crippen LogP contribution is -2.04. The fourth-order valence-corrected chi connectivity index (χ4v) is 1.86. The molecule has 0 aliphatic heterocycles. The molecule has 21 heavy (non-hydrogen) atoms. The largest absolute Gasteiger partial charge is 0.507 e. The maximum atomic E-state index is 11.8. The number of ether oxygens (including phenoxy) is 2. The SMILES string of the molecule is COC(=O)c1c(O)cc(OC)cc1C=Cc1ccncc1. The van der Waals surface area contributed by atoms with Gasteiger partial charge in [-0.2, -0.15) is 0 Å². The number of aromatic nitrogens is 1. The highest BCUT2D eigenvalue weighted by Crippen LogP contribution is 2.29. The number of phenolic OH excluding ortho intramolecular Hbond substituents is 1. The molecule has 1 aromatic heterocycles. The van der Waals surface area contributed by atoms with E-state index in [0.717, 1.165) is 5.56 Å². The number of aromatic hydroxyl groups is 1. The van der Waals surface area contributed by atoms with Gasteiger partial charge < -0.3 is 14.6 Å². The van der Waals surface area contributed by atoms with E-state index in [9.17, 15) is 9.90 Å². The van der Waals surface area contributed by atoms with E-state index < -0.39 is 5.97 Å². The Morgan fingerprint density at radius 1 is 1.19 bits per heavy atom. The van der Waals surface area contributed by atoms with Gasteiger partial charge in [0.15, 0.2) is 0 Å². The van der Waals surface area contributed by atoms with Crippen molar-refractivity contribution in [2.45, 2.75) is 0 Å². The monoisotopic (exact) mass is 285 g/mol. The van der Waals surface area contributed by atoms with E-state index >= 15 is 0 Å². The molecule has 0 unspecified atom stereocenters. The number of pyridine rings is 1. The van der Waals surface area contributed by atoms with Crippen LogP contribution < -0.4 is 4.74 Å². The third-order valence-electron chi connectivity index (χ3n) is 2.91.